The molecule has 0 aliphatic rings. The van der Waals surface area contributed by atoms with Crippen LogP contribution in [0.4, 0.5) is 18.9 Å². The molecule has 2 aromatic heterocycles. The minimum absolute atomic E-state index is 0.0407. The van der Waals surface area contributed by atoms with Crippen molar-refractivity contribution >= 4 is 16.6 Å². The smallest absolute Gasteiger partial charge is 0.396 e. The number of nitrogens with zero attached hydrogens (tertiary/aromatic N) is 1. The standard InChI is InChI=1S/C12H9F3N4/c13-12(14,15)7-3-1-2-6-4-9(18-10(6)7)11-8(16)5-17-19-11/h1-5,18H,16H2,(H,17,19). The summed E-state index contributed by atoms with van der Waals surface area (Å²) in [6, 6.07) is 5.63. The van der Waals surface area contributed by atoms with Crippen molar-refractivity contribution in [2.24, 2.45) is 0 Å². The van der Waals surface area contributed by atoms with Crippen molar-refractivity contribution in [3.05, 3.63) is 36.0 Å². The number of hydrogen-bond donors (Lipinski definition) is 3. The van der Waals surface area contributed by atoms with E-state index < -0.39 is 11.7 Å². The quantitative estimate of drug-likeness (QED) is 0.633. The van der Waals surface area contributed by atoms with Crippen LogP contribution in [0.5, 0.6) is 0 Å². The molecule has 0 bridgehead atoms. The molecule has 0 atom stereocenters. The highest BCUT2D eigenvalue weighted by molar-refractivity contribution is 5.89. The molecular weight excluding hydrogens is 257 g/mol. The zero-order chi connectivity index (χ0) is 13.6. The fraction of sp³-hybridized carbons (Fsp3) is 0.0833. The van der Waals surface area contributed by atoms with Gasteiger partial charge in [-0.05, 0) is 12.1 Å². The highest BCUT2D eigenvalue weighted by atomic mass is 19.4. The van der Waals surface area contributed by atoms with E-state index in [4.69, 9.17) is 5.73 Å². The molecule has 4 nitrogen and oxygen atoms in total. The van der Waals surface area contributed by atoms with E-state index in [2.05, 4.69) is 15.2 Å². The fourth-order valence-electron chi connectivity index (χ4n) is 2.04. The molecule has 3 rings (SSSR count). The summed E-state index contributed by atoms with van der Waals surface area (Å²) in [6.45, 7) is 0. The van der Waals surface area contributed by atoms with Gasteiger partial charge in [0.25, 0.3) is 0 Å². The molecule has 98 valence electrons. The molecule has 0 fully saturated rings. The normalized spacial score (nSPS) is 12.2. The van der Waals surface area contributed by atoms with Crippen LogP contribution in [0.1, 0.15) is 5.56 Å². The molecule has 4 N–H and O–H groups in total. The number of anilines is 1. The van der Waals surface area contributed by atoms with Crippen LogP contribution in [0.2, 0.25) is 0 Å². The molecule has 2 heterocycles. The van der Waals surface area contributed by atoms with Crippen molar-refractivity contribution in [2.45, 2.75) is 6.18 Å². The van der Waals surface area contributed by atoms with E-state index >= 15 is 0 Å². The Morgan fingerprint density at radius 1 is 1.21 bits per heavy atom. The number of aromatic amines is 2. The van der Waals surface area contributed by atoms with E-state index in [0.29, 0.717) is 22.5 Å². The molecule has 0 radical (unpaired) electrons. The molecule has 0 saturated heterocycles. The first-order valence-corrected chi connectivity index (χ1v) is 5.45. The lowest BCUT2D eigenvalue weighted by atomic mass is 10.1. The van der Waals surface area contributed by atoms with Crippen LogP contribution < -0.4 is 5.73 Å². The molecule has 19 heavy (non-hydrogen) atoms. The van der Waals surface area contributed by atoms with Gasteiger partial charge in [0.1, 0.15) is 5.69 Å². The first-order valence-electron chi connectivity index (χ1n) is 5.45. The lowest BCUT2D eigenvalue weighted by Gasteiger charge is -2.07. The number of alkyl halides is 3. The Morgan fingerprint density at radius 3 is 2.63 bits per heavy atom. The highest BCUT2D eigenvalue weighted by Gasteiger charge is 2.33. The summed E-state index contributed by atoms with van der Waals surface area (Å²) in [6.07, 6.45) is -2.99. The summed E-state index contributed by atoms with van der Waals surface area (Å²) >= 11 is 0. The summed E-state index contributed by atoms with van der Waals surface area (Å²) < 4.78 is 38.7. The predicted molar refractivity (Wildman–Crippen MR) is 65.3 cm³/mol. The second-order valence-corrected chi connectivity index (χ2v) is 4.15. The lowest BCUT2D eigenvalue weighted by molar-refractivity contribution is -0.136. The van der Waals surface area contributed by atoms with Gasteiger partial charge in [-0.25, -0.2) is 0 Å². The molecule has 1 aromatic carbocycles. The number of benzene rings is 1. The Labute approximate surface area is 105 Å². The van der Waals surface area contributed by atoms with Crippen molar-refractivity contribution in [3.63, 3.8) is 0 Å². The van der Waals surface area contributed by atoms with Gasteiger partial charge < -0.3 is 10.7 Å². The summed E-state index contributed by atoms with van der Waals surface area (Å²) in [4.78, 5) is 2.74. The van der Waals surface area contributed by atoms with Gasteiger partial charge >= 0.3 is 6.18 Å². The number of nitrogen functional groups attached to an aromatic ring is 1. The molecule has 0 saturated carbocycles. The van der Waals surface area contributed by atoms with Gasteiger partial charge in [0.05, 0.1) is 28.7 Å². The first-order chi connectivity index (χ1) is 8.97. The van der Waals surface area contributed by atoms with E-state index in [1.807, 2.05) is 0 Å². The van der Waals surface area contributed by atoms with E-state index in [-0.39, 0.29) is 5.52 Å². The molecule has 0 unspecified atom stereocenters. The SMILES string of the molecule is Nc1cn[nH]c1-c1cc2cccc(C(F)(F)F)c2[nH]1. The van der Waals surface area contributed by atoms with E-state index in [1.165, 1.54) is 12.3 Å². The number of halogens is 3. The summed E-state index contributed by atoms with van der Waals surface area (Å²) in [5.41, 5.74) is 6.35. The van der Waals surface area contributed by atoms with E-state index in [9.17, 15) is 13.2 Å². The Kier molecular flexibility index (Phi) is 2.31. The zero-order valence-electron chi connectivity index (χ0n) is 9.55. The maximum Gasteiger partial charge on any atom is 0.418 e. The molecule has 0 spiro atoms. The molecule has 0 amide bonds. The number of nitrogens with one attached hydrogen (secondary N) is 2. The summed E-state index contributed by atoms with van der Waals surface area (Å²) in [5, 5.41) is 6.87. The molecule has 7 heteroatoms. The average Bonchev–Trinajstić information content (AvgIpc) is 2.91. The van der Waals surface area contributed by atoms with Crippen LogP contribution >= 0.6 is 0 Å². The number of H-pyrrole nitrogens is 2. The molecular formula is C12H9F3N4. The zero-order valence-corrected chi connectivity index (χ0v) is 9.55. The fourth-order valence-corrected chi connectivity index (χ4v) is 2.04. The highest BCUT2D eigenvalue weighted by Crippen LogP contribution is 2.36. The monoisotopic (exact) mass is 266 g/mol. The topological polar surface area (TPSA) is 70.5 Å². The van der Waals surface area contributed by atoms with Gasteiger partial charge in [-0.15, -0.1) is 0 Å². The molecule has 0 aliphatic heterocycles. The van der Waals surface area contributed by atoms with Crippen molar-refractivity contribution in [3.8, 4) is 11.4 Å². The maximum absolute atomic E-state index is 12.9. The Balaban J connectivity index is 2.25. The van der Waals surface area contributed by atoms with Gasteiger partial charge in [-0.2, -0.15) is 18.3 Å². The lowest BCUT2D eigenvalue weighted by Crippen LogP contribution is -2.05. The second kappa shape index (κ2) is 3.78. The first kappa shape index (κ1) is 11.6. The van der Waals surface area contributed by atoms with Crippen LogP contribution in [0, 0.1) is 0 Å². The van der Waals surface area contributed by atoms with E-state index in [0.717, 1.165) is 6.07 Å². The third-order valence-electron chi connectivity index (χ3n) is 2.90. The van der Waals surface area contributed by atoms with Gasteiger partial charge in [0, 0.05) is 5.39 Å². The van der Waals surface area contributed by atoms with Crippen LogP contribution in [0.15, 0.2) is 30.5 Å². The third-order valence-corrected chi connectivity index (χ3v) is 2.90. The molecule has 0 aliphatic carbocycles. The van der Waals surface area contributed by atoms with Crippen molar-refractivity contribution in [1.82, 2.24) is 15.2 Å². The number of nitrogens with two attached hydrogens (primary N) is 1. The minimum Gasteiger partial charge on any atom is -0.396 e. The van der Waals surface area contributed by atoms with Gasteiger partial charge in [0.2, 0.25) is 0 Å². The van der Waals surface area contributed by atoms with E-state index in [1.54, 1.807) is 12.1 Å². The van der Waals surface area contributed by atoms with Gasteiger partial charge in [-0.3, -0.25) is 5.10 Å². The molecule has 3 aromatic rings. The summed E-state index contributed by atoms with van der Waals surface area (Å²) in [7, 11) is 0. The maximum atomic E-state index is 12.9. The Hall–Kier alpha value is -2.44. The van der Waals surface area contributed by atoms with Crippen molar-refractivity contribution in [1.29, 1.82) is 0 Å². The average molecular weight is 266 g/mol. The Bertz CT molecular complexity index is 739. The summed E-state index contributed by atoms with van der Waals surface area (Å²) in [5.74, 6) is 0. The number of rotatable bonds is 1. The van der Waals surface area contributed by atoms with Crippen molar-refractivity contribution in [2.75, 3.05) is 5.73 Å². The Morgan fingerprint density at radius 2 is 2.00 bits per heavy atom. The van der Waals surface area contributed by atoms with Crippen molar-refractivity contribution < 1.29 is 13.2 Å². The second-order valence-electron chi connectivity index (χ2n) is 4.15. The number of fused-ring (bicyclic) bond motifs is 1. The number of hydrogen-bond acceptors (Lipinski definition) is 2. The van der Waals surface area contributed by atoms with Crippen LogP contribution in [-0.4, -0.2) is 15.2 Å². The van der Waals surface area contributed by atoms with Gasteiger partial charge in [0.15, 0.2) is 0 Å². The predicted octanol–water partition coefficient (Wildman–Crippen LogP) is 3.16. The minimum atomic E-state index is -4.40. The largest absolute Gasteiger partial charge is 0.418 e. The third kappa shape index (κ3) is 1.83. The van der Waals surface area contributed by atoms with Gasteiger partial charge in [-0.1, -0.05) is 12.1 Å². The van der Waals surface area contributed by atoms with Crippen LogP contribution in [0.3, 0.4) is 0 Å². The van der Waals surface area contributed by atoms with Crippen LogP contribution in [0.25, 0.3) is 22.3 Å². The number of aromatic nitrogens is 3. The van der Waals surface area contributed by atoms with Crippen LogP contribution in [-0.2, 0) is 6.18 Å². The number of para-hydroxylation sites is 1.